The summed E-state index contributed by atoms with van der Waals surface area (Å²) in [4.78, 5) is 18.7. The fourth-order valence-corrected chi connectivity index (χ4v) is 3.28. The van der Waals surface area contributed by atoms with Crippen LogP contribution in [-0.4, -0.2) is 40.1 Å². The lowest BCUT2D eigenvalue weighted by molar-refractivity contribution is -0.121. The number of amides is 1. The molecule has 9 heteroatoms. The van der Waals surface area contributed by atoms with Crippen LogP contribution >= 0.6 is 24.8 Å². The summed E-state index contributed by atoms with van der Waals surface area (Å²) >= 11 is 0. The maximum atomic E-state index is 12.6. The molecule has 0 unspecified atom stereocenters. The largest absolute Gasteiger partial charge is 0.347 e. The van der Waals surface area contributed by atoms with E-state index in [0.29, 0.717) is 18.2 Å². The van der Waals surface area contributed by atoms with Gasteiger partial charge in [0.05, 0.1) is 17.8 Å². The molecule has 7 nitrogen and oxygen atoms in total. The van der Waals surface area contributed by atoms with E-state index in [9.17, 15) is 4.79 Å². The number of aliphatic imine (C=N–C) groups is 1. The zero-order valence-electron chi connectivity index (χ0n) is 16.6. The van der Waals surface area contributed by atoms with Crippen LogP contribution in [0.3, 0.4) is 0 Å². The first-order chi connectivity index (χ1) is 13.6. The summed E-state index contributed by atoms with van der Waals surface area (Å²) in [6.07, 6.45) is 3.60. The minimum Gasteiger partial charge on any atom is -0.347 e. The van der Waals surface area contributed by atoms with Crippen LogP contribution in [0.15, 0.2) is 65.4 Å². The highest BCUT2D eigenvalue weighted by molar-refractivity contribution is 6.13. The van der Waals surface area contributed by atoms with Crippen molar-refractivity contribution >= 4 is 53.7 Å². The number of rotatable bonds is 4. The van der Waals surface area contributed by atoms with Crippen molar-refractivity contribution in [1.29, 1.82) is 0 Å². The molecule has 0 aliphatic carbocycles. The van der Waals surface area contributed by atoms with E-state index in [1.165, 1.54) is 4.90 Å². The molecular weight excluding hydrogens is 423 g/mol. The van der Waals surface area contributed by atoms with Crippen molar-refractivity contribution < 1.29 is 4.79 Å². The smallest absolute Gasteiger partial charge is 0.279 e. The molecule has 1 aromatic heterocycles. The molecular formula is C21H24Cl2N6O. The summed E-state index contributed by atoms with van der Waals surface area (Å²) in [5, 5.41) is 8.56. The third-order valence-corrected chi connectivity index (χ3v) is 4.88. The van der Waals surface area contributed by atoms with Crippen molar-refractivity contribution in [3.63, 3.8) is 0 Å². The third-order valence-electron chi connectivity index (χ3n) is 4.88. The van der Waals surface area contributed by atoms with Gasteiger partial charge >= 0.3 is 0 Å². The average Bonchev–Trinajstić information content (AvgIpc) is 3.21. The van der Waals surface area contributed by atoms with Crippen molar-refractivity contribution in [2.75, 3.05) is 13.6 Å². The molecule has 1 aliphatic heterocycles. The molecule has 0 fully saturated rings. The number of nitrogens with zero attached hydrogens (tertiary/aromatic N) is 4. The minimum atomic E-state index is -0.155. The Morgan fingerprint density at radius 1 is 1.13 bits per heavy atom. The van der Waals surface area contributed by atoms with Gasteiger partial charge in [0.25, 0.3) is 5.91 Å². The summed E-state index contributed by atoms with van der Waals surface area (Å²) in [6.45, 7) is 0.391. The number of fused-ring (bicyclic) bond motifs is 1. The Morgan fingerprint density at radius 3 is 2.57 bits per heavy atom. The predicted octanol–water partition coefficient (Wildman–Crippen LogP) is 2.88. The van der Waals surface area contributed by atoms with Crippen LogP contribution in [0.25, 0.3) is 17.0 Å². The Kier molecular flexibility index (Phi) is 7.61. The van der Waals surface area contributed by atoms with E-state index in [2.05, 4.69) is 15.4 Å². The normalized spacial score (nSPS) is 15.6. The van der Waals surface area contributed by atoms with E-state index >= 15 is 0 Å². The summed E-state index contributed by atoms with van der Waals surface area (Å²) in [7, 11) is 3.61. The number of aryl methyl sites for hydroxylation is 1. The molecule has 0 saturated carbocycles. The minimum absolute atomic E-state index is 0. The number of hydrogen-bond donors (Lipinski definition) is 2. The molecule has 0 saturated heterocycles. The van der Waals surface area contributed by atoms with Gasteiger partial charge in [-0.1, -0.05) is 36.4 Å². The summed E-state index contributed by atoms with van der Waals surface area (Å²) in [5.41, 5.74) is 9.31. The summed E-state index contributed by atoms with van der Waals surface area (Å²) in [6, 6.07) is 15.7. The molecule has 30 heavy (non-hydrogen) atoms. The highest BCUT2D eigenvalue weighted by Gasteiger charge is 2.28. The van der Waals surface area contributed by atoms with Crippen molar-refractivity contribution in [2.24, 2.45) is 17.8 Å². The molecule has 2 aromatic carbocycles. The molecule has 1 amide bonds. The van der Waals surface area contributed by atoms with Crippen LogP contribution in [0.4, 0.5) is 0 Å². The van der Waals surface area contributed by atoms with Crippen molar-refractivity contribution in [3.8, 4) is 0 Å². The molecule has 3 aromatic rings. The SMILES string of the molecule is CN1C(=O)/C(=C/c2ccc3c(cnn3C)c2)N=C1N[C@@H](CN)c1ccccc1.Cl.Cl. The van der Waals surface area contributed by atoms with Gasteiger partial charge in [-0.05, 0) is 29.3 Å². The molecule has 1 atom stereocenters. The van der Waals surface area contributed by atoms with E-state index in [1.807, 2.05) is 66.5 Å². The van der Waals surface area contributed by atoms with Gasteiger partial charge in [-0.2, -0.15) is 5.10 Å². The number of hydrogen-bond acceptors (Lipinski definition) is 5. The second kappa shape index (κ2) is 9.75. The van der Waals surface area contributed by atoms with Gasteiger partial charge in [-0.15, -0.1) is 24.8 Å². The van der Waals surface area contributed by atoms with Crippen LogP contribution in [0, 0.1) is 0 Å². The Bertz CT molecular complexity index is 1090. The van der Waals surface area contributed by atoms with E-state index in [1.54, 1.807) is 13.1 Å². The van der Waals surface area contributed by atoms with Gasteiger partial charge in [0, 0.05) is 26.0 Å². The Labute approximate surface area is 187 Å². The number of halogens is 2. The standard InChI is InChI=1S/C21H22N6O.2ClH/c1-26-20(28)17(11-14-8-9-19-16(10-14)13-23-27(19)2)24-21(26)25-18(12-22)15-6-4-3-5-7-15;;/h3-11,13,18H,12,22H2,1-2H3,(H,24,25);2*1H/b17-11-;;/t18-;;/m0../s1. The van der Waals surface area contributed by atoms with Crippen LogP contribution in [0.1, 0.15) is 17.2 Å². The number of carbonyl (C=O) groups is 1. The maximum Gasteiger partial charge on any atom is 0.279 e. The zero-order valence-corrected chi connectivity index (χ0v) is 18.3. The lowest BCUT2D eigenvalue weighted by Gasteiger charge is -2.21. The monoisotopic (exact) mass is 446 g/mol. The molecule has 0 radical (unpaired) electrons. The van der Waals surface area contributed by atoms with Crippen LogP contribution in [0.5, 0.6) is 0 Å². The van der Waals surface area contributed by atoms with E-state index < -0.39 is 0 Å². The highest BCUT2D eigenvalue weighted by Crippen LogP contribution is 2.21. The number of nitrogens with two attached hydrogens (primary N) is 1. The zero-order chi connectivity index (χ0) is 19.7. The van der Waals surface area contributed by atoms with Gasteiger partial charge < -0.3 is 11.1 Å². The third kappa shape index (κ3) is 4.48. The van der Waals surface area contributed by atoms with Crippen LogP contribution < -0.4 is 11.1 Å². The lowest BCUT2D eigenvalue weighted by Crippen LogP contribution is -2.42. The topological polar surface area (TPSA) is 88.5 Å². The van der Waals surface area contributed by atoms with Crippen molar-refractivity contribution in [1.82, 2.24) is 20.0 Å². The maximum absolute atomic E-state index is 12.6. The van der Waals surface area contributed by atoms with Gasteiger partial charge in [0.1, 0.15) is 5.70 Å². The molecule has 1 aliphatic rings. The average molecular weight is 447 g/mol. The van der Waals surface area contributed by atoms with Crippen molar-refractivity contribution in [3.05, 3.63) is 71.6 Å². The van der Waals surface area contributed by atoms with Crippen LogP contribution in [-0.2, 0) is 11.8 Å². The first-order valence-electron chi connectivity index (χ1n) is 9.08. The fourth-order valence-electron chi connectivity index (χ4n) is 3.28. The number of likely N-dealkylation sites (N-methyl/N-ethyl adjacent to an activating group) is 1. The Hall–Kier alpha value is -2.87. The number of guanidine groups is 1. The van der Waals surface area contributed by atoms with Gasteiger partial charge in [-0.25, -0.2) is 4.99 Å². The molecule has 3 N–H and O–H groups in total. The first kappa shape index (κ1) is 23.4. The number of benzene rings is 2. The van der Waals surface area contributed by atoms with Gasteiger partial charge in [-0.3, -0.25) is 14.4 Å². The second-order valence-electron chi connectivity index (χ2n) is 6.76. The Balaban J connectivity index is 0.00000160. The fraction of sp³-hybridized carbons (Fsp3) is 0.190. The van der Waals surface area contributed by atoms with Gasteiger partial charge in [0.2, 0.25) is 5.96 Å². The number of aromatic nitrogens is 2. The molecule has 158 valence electrons. The molecule has 0 bridgehead atoms. The van der Waals surface area contributed by atoms with E-state index in [4.69, 9.17) is 5.73 Å². The molecule has 4 rings (SSSR count). The second-order valence-corrected chi connectivity index (χ2v) is 6.76. The highest BCUT2D eigenvalue weighted by atomic mass is 35.5. The van der Waals surface area contributed by atoms with E-state index in [-0.39, 0.29) is 36.8 Å². The lowest BCUT2D eigenvalue weighted by atomic mass is 10.1. The summed E-state index contributed by atoms with van der Waals surface area (Å²) in [5.74, 6) is 0.343. The number of carbonyl (C=O) groups excluding carboxylic acids is 1. The number of nitrogens with one attached hydrogen (secondary N) is 1. The summed E-state index contributed by atoms with van der Waals surface area (Å²) < 4.78 is 1.82. The van der Waals surface area contributed by atoms with Crippen molar-refractivity contribution in [2.45, 2.75) is 6.04 Å². The quantitative estimate of drug-likeness (QED) is 0.602. The van der Waals surface area contributed by atoms with Gasteiger partial charge in [0.15, 0.2) is 0 Å². The first-order valence-corrected chi connectivity index (χ1v) is 9.08. The predicted molar refractivity (Wildman–Crippen MR) is 125 cm³/mol. The molecule has 2 heterocycles. The van der Waals surface area contributed by atoms with Crippen LogP contribution in [0.2, 0.25) is 0 Å². The van der Waals surface area contributed by atoms with E-state index in [0.717, 1.165) is 22.0 Å². The Morgan fingerprint density at radius 2 is 1.87 bits per heavy atom. The molecule has 0 spiro atoms.